The van der Waals surface area contributed by atoms with E-state index in [9.17, 15) is 5.26 Å². The number of hydrogen-bond donors (Lipinski definition) is 0. The van der Waals surface area contributed by atoms with E-state index < -0.39 is 0 Å². The largest absolute Gasteiger partial charge is 0.493 e. The van der Waals surface area contributed by atoms with E-state index >= 15 is 0 Å². The maximum absolute atomic E-state index is 10.0. The summed E-state index contributed by atoms with van der Waals surface area (Å²) in [7, 11) is 1.62. The monoisotopic (exact) mass is 474 g/mol. The van der Waals surface area contributed by atoms with Gasteiger partial charge in [0.05, 0.1) is 28.6 Å². The molecule has 3 aromatic heterocycles. The average Bonchev–Trinajstić information content (AvgIpc) is 3.63. The zero-order valence-electron chi connectivity index (χ0n) is 18.7. The predicted molar refractivity (Wildman–Crippen MR) is 138 cm³/mol. The Morgan fingerprint density at radius 2 is 1.89 bits per heavy atom. The molecule has 0 bridgehead atoms. The highest BCUT2D eigenvalue weighted by atomic mass is 32.1. The first-order valence-corrected chi connectivity index (χ1v) is 11.7. The molecule has 7 heteroatoms. The van der Waals surface area contributed by atoms with Crippen LogP contribution in [-0.4, -0.2) is 21.9 Å². The van der Waals surface area contributed by atoms with Crippen molar-refractivity contribution >= 4 is 44.2 Å². The van der Waals surface area contributed by atoms with Gasteiger partial charge in [-0.25, -0.2) is 9.67 Å². The number of nitriles is 1. The van der Waals surface area contributed by atoms with E-state index in [1.165, 1.54) is 11.3 Å². The number of ether oxygens (including phenoxy) is 1. The second-order valence-corrected chi connectivity index (χ2v) is 8.89. The molecular formula is C28H18N4O2S. The average molecular weight is 475 g/mol. The molecule has 0 aliphatic rings. The number of rotatable bonds is 5. The maximum Gasteiger partial charge on any atom is 0.176 e. The van der Waals surface area contributed by atoms with Gasteiger partial charge in [0.25, 0.3) is 0 Å². The number of para-hydroxylation sites is 3. The van der Waals surface area contributed by atoms with Gasteiger partial charge in [0.1, 0.15) is 16.8 Å². The minimum absolute atomic E-state index is 0.466. The Balaban J connectivity index is 1.54. The maximum atomic E-state index is 10.0. The lowest BCUT2D eigenvalue weighted by molar-refractivity contribution is 0.411. The third-order valence-corrected chi connectivity index (χ3v) is 6.74. The molecule has 0 fully saturated rings. The Morgan fingerprint density at radius 1 is 1.06 bits per heavy atom. The molecule has 3 heterocycles. The highest BCUT2D eigenvalue weighted by Crippen LogP contribution is 2.36. The van der Waals surface area contributed by atoms with Crippen LogP contribution in [0.25, 0.3) is 50.0 Å². The van der Waals surface area contributed by atoms with Crippen LogP contribution >= 0.6 is 11.3 Å². The Morgan fingerprint density at radius 3 is 2.69 bits per heavy atom. The molecule has 6 aromatic rings. The number of fused-ring (bicyclic) bond motifs is 2. The molecule has 35 heavy (non-hydrogen) atoms. The second kappa shape index (κ2) is 8.60. The molecule has 168 valence electrons. The lowest BCUT2D eigenvalue weighted by Crippen LogP contribution is -1.93. The summed E-state index contributed by atoms with van der Waals surface area (Å²) in [6, 6.07) is 27.7. The summed E-state index contributed by atoms with van der Waals surface area (Å²) in [5.74, 6) is 1.24. The summed E-state index contributed by atoms with van der Waals surface area (Å²) in [5.41, 5.74) is 4.28. The van der Waals surface area contributed by atoms with Crippen molar-refractivity contribution in [2.24, 2.45) is 0 Å². The molecular weight excluding hydrogens is 456 g/mol. The zero-order chi connectivity index (χ0) is 23.8. The summed E-state index contributed by atoms with van der Waals surface area (Å²) in [4.78, 5) is 4.67. The van der Waals surface area contributed by atoms with E-state index in [1.807, 2.05) is 91.1 Å². The normalized spacial score (nSPS) is 11.7. The van der Waals surface area contributed by atoms with Gasteiger partial charge in [0, 0.05) is 17.1 Å². The zero-order valence-corrected chi connectivity index (χ0v) is 19.5. The first-order chi connectivity index (χ1) is 17.2. The van der Waals surface area contributed by atoms with E-state index in [0.717, 1.165) is 26.9 Å². The number of benzene rings is 3. The van der Waals surface area contributed by atoms with Gasteiger partial charge >= 0.3 is 0 Å². The first kappa shape index (κ1) is 20.9. The number of furan rings is 1. The van der Waals surface area contributed by atoms with Crippen LogP contribution in [0.5, 0.6) is 5.75 Å². The Bertz CT molecular complexity index is 1720. The van der Waals surface area contributed by atoms with E-state index in [2.05, 4.69) is 11.1 Å². The summed E-state index contributed by atoms with van der Waals surface area (Å²) < 4.78 is 14.5. The topological polar surface area (TPSA) is 76.9 Å². The van der Waals surface area contributed by atoms with Crippen LogP contribution in [0.3, 0.4) is 0 Å². The highest BCUT2D eigenvalue weighted by Gasteiger charge is 2.19. The fourth-order valence-electron chi connectivity index (χ4n) is 4.00. The molecule has 0 N–H and O–H groups in total. The highest BCUT2D eigenvalue weighted by molar-refractivity contribution is 7.19. The molecule has 0 saturated heterocycles. The smallest absolute Gasteiger partial charge is 0.176 e. The predicted octanol–water partition coefficient (Wildman–Crippen LogP) is 6.97. The van der Waals surface area contributed by atoms with Crippen LogP contribution in [0.1, 0.15) is 10.6 Å². The summed E-state index contributed by atoms with van der Waals surface area (Å²) in [5, 5.41) is 16.4. The summed E-state index contributed by atoms with van der Waals surface area (Å²) in [6.45, 7) is 0. The van der Waals surface area contributed by atoms with Gasteiger partial charge in [-0.05, 0) is 42.5 Å². The van der Waals surface area contributed by atoms with E-state index in [0.29, 0.717) is 33.4 Å². The molecule has 6 rings (SSSR count). The lowest BCUT2D eigenvalue weighted by atomic mass is 10.1. The molecule has 0 unspecified atom stereocenters. The van der Waals surface area contributed by atoms with Gasteiger partial charge in [-0.2, -0.15) is 10.4 Å². The number of methoxy groups -OCH3 is 1. The van der Waals surface area contributed by atoms with Crippen molar-refractivity contribution in [3.63, 3.8) is 0 Å². The van der Waals surface area contributed by atoms with Crippen molar-refractivity contribution in [1.29, 1.82) is 5.26 Å². The second-order valence-electron chi connectivity index (χ2n) is 7.86. The minimum Gasteiger partial charge on any atom is -0.493 e. The number of allylic oxidation sites excluding steroid dienone is 1. The number of thiazole rings is 1. The fourth-order valence-corrected chi connectivity index (χ4v) is 4.93. The van der Waals surface area contributed by atoms with Gasteiger partial charge in [0.15, 0.2) is 17.1 Å². The summed E-state index contributed by atoms with van der Waals surface area (Å²) >= 11 is 1.49. The van der Waals surface area contributed by atoms with Gasteiger partial charge in [0.2, 0.25) is 0 Å². The lowest BCUT2D eigenvalue weighted by Gasteiger charge is -1.99. The molecule has 0 atom stereocenters. The van der Waals surface area contributed by atoms with Gasteiger partial charge in [-0.3, -0.25) is 0 Å². The number of hydrogen-bond acceptors (Lipinski definition) is 6. The van der Waals surface area contributed by atoms with Crippen LogP contribution in [0.15, 0.2) is 89.5 Å². The van der Waals surface area contributed by atoms with Crippen molar-refractivity contribution < 1.29 is 9.15 Å². The third kappa shape index (κ3) is 3.76. The number of aromatic nitrogens is 3. The third-order valence-electron chi connectivity index (χ3n) is 5.67. The van der Waals surface area contributed by atoms with E-state index in [-0.39, 0.29) is 0 Å². The molecule has 6 nitrogen and oxygen atoms in total. The van der Waals surface area contributed by atoms with E-state index in [1.54, 1.807) is 11.8 Å². The van der Waals surface area contributed by atoms with Crippen molar-refractivity contribution in [2.75, 3.05) is 7.11 Å². The SMILES string of the molecule is COc1cccc2cc(-c3nn(-c4ccccc4)cc3/C=C(/C#N)c3nc4ccccc4s3)oc12. The Labute approximate surface area is 205 Å². The van der Waals surface area contributed by atoms with Gasteiger partial charge < -0.3 is 9.15 Å². The van der Waals surface area contributed by atoms with Crippen LogP contribution in [0, 0.1) is 11.3 Å². The van der Waals surface area contributed by atoms with Crippen LogP contribution in [-0.2, 0) is 0 Å². The van der Waals surface area contributed by atoms with Crippen LogP contribution in [0.2, 0.25) is 0 Å². The Kier molecular flexibility index (Phi) is 5.13. The number of nitrogens with zero attached hydrogens (tertiary/aromatic N) is 4. The molecule has 0 saturated carbocycles. The molecule has 0 amide bonds. The molecule has 3 aromatic carbocycles. The van der Waals surface area contributed by atoms with Gasteiger partial charge in [-0.15, -0.1) is 11.3 Å². The molecule has 0 aliphatic carbocycles. The van der Waals surface area contributed by atoms with Crippen molar-refractivity contribution in [2.45, 2.75) is 0 Å². The van der Waals surface area contributed by atoms with Gasteiger partial charge in [-0.1, -0.05) is 42.5 Å². The van der Waals surface area contributed by atoms with E-state index in [4.69, 9.17) is 14.3 Å². The summed E-state index contributed by atoms with van der Waals surface area (Å²) in [6.07, 6.45) is 3.73. The van der Waals surface area contributed by atoms with Crippen LogP contribution in [0.4, 0.5) is 0 Å². The quantitative estimate of drug-likeness (QED) is 0.252. The molecule has 0 spiro atoms. The minimum atomic E-state index is 0.466. The first-order valence-electron chi connectivity index (χ1n) is 10.9. The Hall–Kier alpha value is -4.67. The van der Waals surface area contributed by atoms with Crippen LogP contribution < -0.4 is 4.74 Å². The fraction of sp³-hybridized carbons (Fsp3) is 0.0357. The van der Waals surface area contributed by atoms with Crippen molar-refractivity contribution in [3.05, 3.63) is 95.6 Å². The standard InChI is InChI=1S/C28H18N4O2S/c1-33-23-12-7-8-18-15-24(34-27(18)23)26-20(17-32(31-26)21-9-3-2-4-10-21)14-19(16-29)28-30-22-11-5-6-13-25(22)35-28/h2-15,17H,1H3/b19-14-. The molecule has 0 radical (unpaired) electrons. The van der Waals surface area contributed by atoms with Crippen molar-refractivity contribution in [3.8, 4) is 29.0 Å². The van der Waals surface area contributed by atoms with Crippen molar-refractivity contribution in [1.82, 2.24) is 14.8 Å². The molecule has 0 aliphatic heterocycles.